The van der Waals surface area contributed by atoms with E-state index >= 15 is 0 Å². The van der Waals surface area contributed by atoms with E-state index in [9.17, 15) is 13.2 Å². The van der Waals surface area contributed by atoms with Crippen molar-refractivity contribution in [2.75, 3.05) is 32.4 Å². The fourth-order valence-corrected chi connectivity index (χ4v) is 4.49. The molecule has 1 aromatic heterocycles. The van der Waals surface area contributed by atoms with E-state index in [1.807, 2.05) is 18.2 Å². The molecule has 0 saturated carbocycles. The van der Waals surface area contributed by atoms with Crippen LogP contribution in [0.3, 0.4) is 0 Å². The highest BCUT2D eigenvalue weighted by atomic mass is 32.2. The lowest BCUT2D eigenvalue weighted by molar-refractivity contribution is -0.115. The van der Waals surface area contributed by atoms with Gasteiger partial charge in [-0.1, -0.05) is 30.0 Å². The van der Waals surface area contributed by atoms with Gasteiger partial charge in [0.05, 0.1) is 22.8 Å². The number of hydrogen-bond acceptors (Lipinski definition) is 8. The Bertz CT molecular complexity index is 1230. The number of para-hydroxylation sites is 1. The zero-order valence-corrected chi connectivity index (χ0v) is 19.6. The number of methoxy groups -OCH3 is 1. The number of hydrogen-bond donors (Lipinski definition) is 2. The SMILES string of the molecule is COc1ccccc1-c1nnc(SC(C)C(=O)Nc2cccc(S(=O)(=O)N(C)C)c2)n1N. The van der Waals surface area contributed by atoms with Crippen molar-refractivity contribution in [3.05, 3.63) is 48.5 Å². The summed E-state index contributed by atoms with van der Waals surface area (Å²) < 4.78 is 32.4. The Morgan fingerprint density at radius 3 is 2.59 bits per heavy atom. The van der Waals surface area contributed by atoms with Crippen LogP contribution in [-0.2, 0) is 14.8 Å². The van der Waals surface area contributed by atoms with Gasteiger partial charge >= 0.3 is 0 Å². The minimum atomic E-state index is -3.61. The van der Waals surface area contributed by atoms with Crippen molar-refractivity contribution in [1.82, 2.24) is 19.2 Å². The summed E-state index contributed by atoms with van der Waals surface area (Å²) in [4.78, 5) is 12.8. The minimum Gasteiger partial charge on any atom is -0.496 e. The summed E-state index contributed by atoms with van der Waals surface area (Å²) in [6, 6.07) is 13.3. The van der Waals surface area contributed by atoms with Crippen LogP contribution in [-0.4, -0.2) is 60.0 Å². The lowest BCUT2D eigenvalue weighted by Crippen LogP contribution is -2.24. The van der Waals surface area contributed by atoms with E-state index in [1.54, 1.807) is 32.2 Å². The lowest BCUT2D eigenvalue weighted by atomic mass is 10.2. The molecule has 0 radical (unpaired) electrons. The predicted octanol–water partition coefficient (Wildman–Crippen LogP) is 2.04. The first-order chi connectivity index (χ1) is 15.1. The Morgan fingerprint density at radius 1 is 1.19 bits per heavy atom. The third-order valence-corrected chi connectivity index (χ3v) is 7.41. The summed E-state index contributed by atoms with van der Waals surface area (Å²) in [5.74, 6) is 6.83. The van der Waals surface area contributed by atoms with Crippen LogP contribution in [0.15, 0.2) is 58.6 Å². The molecule has 0 aliphatic rings. The van der Waals surface area contributed by atoms with E-state index in [0.717, 1.165) is 16.1 Å². The second-order valence-electron chi connectivity index (χ2n) is 6.94. The number of amides is 1. The second kappa shape index (κ2) is 9.59. The molecule has 0 aliphatic heterocycles. The molecular weight excluding hydrogens is 452 g/mol. The van der Waals surface area contributed by atoms with Crippen molar-refractivity contribution in [1.29, 1.82) is 0 Å². The number of carbonyl (C=O) groups is 1. The number of carbonyl (C=O) groups excluding carboxylic acids is 1. The van der Waals surface area contributed by atoms with Crippen LogP contribution in [0.5, 0.6) is 5.75 Å². The average molecular weight is 477 g/mol. The van der Waals surface area contributed by atoms with Gasteiger partial charge in [-0.3, -0.25) is 4.79 Å². The molecule has 0 spiro atoms. The van der Waals surface area contributed by atoms with Crippen LogP contribution in [0.4, 0.5) is 5.69 Å². The molecule has 170 valence electrons. The second-order valence-corrected chi connectivity index (χ2v) is 10.4. The maximum Gasteiger partial charge on any atom is 0.242 e. The van der Waals surface area contributed by atoms with E-state index in [4.69, 9.17) is 10.6 Å². The lowest BCUT2D eigenvalue weighted by Gasteiger charge is -2.14. The van der Waals surface area contributed by atoms with Crippen LogP contribution in [0.2, 0.25) is 0 Å². The number of benzene rings is 2. The van der Waals surface area contributed by atoms with E-state index in [2.05, 4.69) is 15.5 Å². The van der Waals surface area contributed by atoms with Crippen molar-refractivity contribution < 1.29 is 17.9 Å². The van der Waals surface area contributed by atoms with Crippen molar-refractivity contribution in [3.8, 4) is 17.1 Å². The molecule has 10 nitrogen and oxygen atoms in total. The number of ether oxygens (including phenoxy) is 1. The molecule has 1 atom stereocenters. The number of nitrogens with one attached hydrogen (secondary N) is 1. The van der Waals surface area contributed by atoms with Crippen LogP contribution < -0.4 is 15.9 Å². The molecule has 1 unspecified atom stereocenters. The molecule has 0 bridgehead atoms. The number of sulfonamides is 1. The normalized spacial score (nSPS) is 12.5. The fraction of sp³-hybridized carbons (Fsp3) is 0.250. The first kappa shape index (κ1) is 23.6. The van der Waals surface area contributed by atoms with Gasteiger partial charge in [0.15, 0.2) is 5.82 Å². The molecular formula is C20H24N6O4S2. The van der Waals surface area contributed by atoms with E-state index in [0.29, 0.717) is 28.0 Å². The third kappa shape index (κ3) is 4.87. The highest BCUT2D eigenvalue weighted by Gasteiger charge is 2.22. The number of aromatic nitrogens is 3. The molecule has 3 N–H and O–H groups in total. The summed E-state index contributed by atoms with van der Waals surface area (Å²) in [6.45, 7) is 1.69. The zero-order chi connectivity index (χ0) is 23.5. The third-order valence-electron chi connectivity index (χ3n) is 4.54. The smallest absolute Gasteiger partial charge is 0.242 e. The summed E-state index contributed by atoms with van der Waals surface area (Å²) in [5, 5.41) is 10.7. The van der Waals surface area contributed by atoms with Crippen molar-refractivity contribution >= 4 is 33.4 Å². The van der Waals surface area contributed by atoms with Gasteiger partial charge in [-0.2, -0.15) is 0 Å². The molecule has 12 heteroatoms. The van der Waals surface area contributed by atoms with Crippen LogP contribution >= 0.6 is 11.8 Å². The van der Waals surface area contributed by atoms with Crippen molar-refractivity contribution in [3.63, 3.8) is 0 Å². The number of nitrogen functional groups attached to an aromatic ring is 1. The van der Waals surface area contributed by atoms with Crippen LogP contribution in [0, 0.1) is 0 Å². The monoisotopic (exact) mass is 476 g/mol. The van der Waals surface area contributed by atoms with E-state index < -0.39 is 15.3 Å². The predicted molar refractivity (Wildman–Crippen MR) is 123 cm³/mol. The van der Waals surface area contributed by atoms with Gasteiger partial charge in [-0.05, 0) is 37.3 Å². The van der Waals surface area contributed by atoms with E-state index in [1.165, 1.54) is 30.9 Å². The van der Waals surface area contributed by atoms with Crippen LogP contribution in [0.1, 0.15) is 6.92 Å². The molecule has 3 rings (SSSR count). The highest BCUT2D eigenvalue weighted by Crippen LogP contribution is 2.30. The Labute approximate surface area is 190 Å². The highest BCUT2D eigenvalue weighted by molar-refractivity contribution is 8.00. The summed E-state index contributed by atoms with van der Waals surface area (Å²) in [5.41, 5.74) is 1.04. The summed E-state index contributed by atoms with van der Waals surface area (Å²) >= 11 is 1.13. The Morgan fingerprint density at radius 2 is 1.91 bits per heavy atom. The quantitative estimate of drug-likeness (QED) is 0.373. The van der Waals surface area contributed by atoms with Crippen molar-refractivity contribution in [2.45, 2.75) is 22.2 Å². The molecule has 1 amide bonds. The van der Waals surface area contributed by atoms with Crippen molar-refractivity contribution in [2.24, 2.45) is 0 Å². The minimum absolute atomic E-state index is 0.0868. The molecule has 0 fully saturated rings. The number of rotatable bonds is 8. The number of thioether (sulfide) groups is 1. The molecule has 2 aromatic carbocycles. The van der Waals surface area contributed by atoms with E-state index in [-0.39, 0.29) is 10.8 Å². The van der Waals surface area contributed by atoms with Gasteiger partial charge in [0, 0.05) is 19.8 Å². The average Bonchev–Trinajstić information content (AvgIpc) is 3.13. The van der Waals surface area contributed by atoms with Gasteiger partial charge in [-0.25, -0.2) is 17.4 Å². The summed E-state index contributed by atoms with van der Waals surface area (Å²) in [7, 11) is 0.834. The van der Waals surface area contributed by atoms with Gasteiger partial charge in [0.1, 0.15) is 5.75 Å². The molecule has 0 aliphatic carbocycles. The number of nitrogens with zero attached hydrogens (tertiary/aromatic N) is 4. The van der Waals surface area contributed by atoms with Gasteiger partial charge < -0.3 is 15.9 Å². The standard InChI is InChI=1S/C20H24N6O4S2/c1-13(19(27)22-14-8-7-9-15(12-14)32(28,29)25(2)3)31-20-24-23-18(26(20)21)16-10-5-6-11-17(16)30-4/h5-13H,21H2,1-4H3,(H,22,27). The largest absolute Gasteiger partial charge is 0.496 e. The Kier molecular flexibility index (Phi) is 7.06. The molecule has 1 heterocycles. The topological polar surface area (TPSA) is 132 Å². The number of anilines is 1. The summed E-state index contributed by atoms with van der Waals surface area (Å²) in [6.07, 6.45) is 0. The Balaban J connectivity index is 1.74. The molecule has 3 aromatic rings. The Hall–Kier alpha value is -3.09. The first-order valence-corrected chi connectivity index (χ1v) is 11.8. The maximum atomic E-state index is 12.7. The van der Waals surface area contributed by atoms with Gasteiger partial charge in [0.2, 0.25) is 21.1 Å². The first-order valence-electron chi connectivity index (χ1n) is 9.49. The molecule has 0 saturated heterocycles. The molecule has 32 heavy (non-hydrogen) atoms. The van der Waals surface area contributed by atoms with Gasteiger partial charge in [0.25, 0.3) is 0 Å². The fourth-order valence-electron chi connectivity index (χ4n) is 2.77. The maximum absolute atomic E-state index is 12.7. The number of nitrogens with two attached hydrogens (primary N) is 1. The van der Waals surface area contributed by atoms with Crippen LogP contribution in [0.25, 0.3) is 11.4 Å². The zero-order valence-electron chi connectivity index (χ0n) is 18.0. The van der Waals surface area contributed by atoms with Gasteiger partial charge in [-0.15, -0.1) is 10.2 Å².